The van der Waals surface area contributed by atoms with Crippen molar-refractivity contribution in [3.63, 3.8) is 0 Å². The molecule has 0 aliphatic heterocycles. The van der Waals surface area contributed by atoms with Crippen LogP contribution in [-0.4, -0.2) is 31.8 Å². The molecule has 1 fully saturated rings. The lowest BCUT2D eigenvalue weighted by atomic mass is 9.94. The van der Waals surface area contributed by atoms with Crippen LogP contribution in [0.5, 0.6) is 0 Å². The molecule has 3 nitrogen and oxygen atoms in total. The molecule has 84 valence electrons. The molecular formula is C11H24N2O. The van der Waals surface area contributed by atoms with Crippen molar-refractivity contribution in [1.29, 1.82) is 0 Å². The van der Waals surface area contributed by atoms with Gasteiger partial charge >= 0.3 is 0 Å². The molecule has 0 aromatic rings. The number of rotatable bonds is 4. The van der Waals surface area contributed by atoms with Gasteiger partial charge in [-0.3, -0.25) is 5.84 Å². The Morgan fingerprint density at radius 3 is 2.29 bits per heavy atom. The van der Waals surface area contributed by atoms with Crippen molar-refractivity contribution < 1.29 is 4.74 Å². The minimum atomic E-state index is 0.322. The standard InChI is InChI=1S/C11H24N2O/c1-13(12)9-11(14-2)10-7-5-3-4-6-8-10/h10-11H,3-9,12H2,1-2H3. The minimum Gasteiger partial charge on any atom is -0.380 e. The molecule has 2 N–H and O–H groups in total. The smallest absolute Gasteiger partial charge is 0.0740 e. The number of methoxy groups -OCH3 is 1. The summed E-state index contributed by atoms with van der Waals surface area (Å²) >= 11 is 0. The van der Waals surface area contributed by atoms with Crippen LogP contribution in [0.3, 0.4) is 0 Å². The summed E-state index contributed by atoms with van der Waals surface area (Å²) in [6, 6.07) is 0. The van der Waals surface area contributed by atoms with Gasteiger partial charge in [-0.25, -0.2) is 5.01 Å². The van der Waals surface area contributed by atoms with Gasteiger partial charge < -0.3 is 4.74 Å². The maximum atomic E-state index is 5.67. The summed E-state index contributed by atoms with van der Waals surface area (Å²) in [5.74, 6) is 6.38. The van der Waals surface area contributed by atoms with E-state index < -0.39 is 0 Å². The normalized spacial score (nSPS) is 22.3. The lowest BCUT2D eigenvalue weighted by Gasteiger charge is -2.27. The van der Waals surface area contributed by atoms with Crippen molar-refractivity contribution >= 4 is 0 Å². The molecule has 1 atom stereocenters. The Bertz CT molecular complexity index is 142. The highest BCUT2D eigenvalue weighted by atomic mass is 16.5. The lowest BCUT2D eigenvalue weighted by molar-refractivity contribution is 0.0220. The molecule has 14 heavy (non-hydrogen) atoms. The number of nitrogens with two attached hydrogens (primary N) is 1. The van der Waals surface area contributed by atoms with Gasteiger partial charge in [-0.2, -0.15) is 0 Å². The highest BCUT2D eigenvalue weighted by Gasteiger charge is 2.22. The van der Waals surface area contributed by atoms with Crippen LogP contribution in [0.4, 0.5) is 0 Å². The van der Waals surface area contributed by atoms with Crippen molar-refractivity contribution in [2.24, 2.45) is 11.8 Å². The fourth-order valence-electron chi connectivity index (χ4n) is 2.38. The zero-order chi connectivity index (χ0) is 10.4. The topological polar surface area (TPSA) is 38.5 Å². The first-order valence-electron chi connectivity index (χ1n) is 5.72. The molecule has 0 radical (unpaired) electrons. The maximum absolute atomic E-state index is 5.67. The van der Waals surface area contributed by atoms with E-state index in [9.17, 15) is 0 Å². The molecule has 1 unspecified atom stereocenters. The van der Waals surface area contributed by atoms with Crippen LogP contribution < -0.4 is 5.84 Å². The summed E-state index contributed by atoms with van der Waals surface area (Å²) in [5, 5.41) is 1.74. The second kappa shape index (κ2) is 6.38. The van der Waals surface area contributed by atoms with Crippen LogP contribution in [0.1, 0.15) is 38.5 Å². The van der Waals surface area contributed by atoms with Crippen LogP contribution in [0.2, 0.25) is 0 Å². The van der Waals surface area contributed by atoms with E-state index in [4.69, 9.17) is 10.6 Å². The first-order valence-corrected chi connectivity index (χ1v) is 5.72. The van der Waals surface area contributed by atoms with Gasteiger partial charge in [-0.15, -0.1) is 0 Å². The largest absolute Gasteiger partial charge is 0.380 e. The predicted molar refractivity (Wildman–Crippen MR) is 58.8 cm³/mol. The summed E-state index contributed by atoms with van der Waals surface area (Å²) in [5.41, 5.74) is 0. The predicted octanol–water partition coefficient (Wildman–Crippen LogP) is 1.78. The van der Waals surface area contributed by atoms with E-state index in [2.05, 4.69) is 0 Å². The van der Waals surface area contributed by atoms with Crippen molar-refractivity contribution in [3.05, 3.63) is 0 Å². The molecule has 1 rings (SSSR count). The molecule has 0 saturated heterocycles. The molecule has 1 aliphatic rings. The van der Waals surface area contributed by atoms with Crippen molar-refractivity contribution in [1.82, 2.24) is 5.01 Å². The molecule has 0 spiro atoms. The third kappa shape index (κ3) is 3.95. The zero-order valence-electron chi connectivity index (χ0n) is 9.54. The Hall–Kier alpha value is -0.120. The fraction of sp³-hybridized carbons (Fsp3) is 1.00. The molecule has 1 saturated carbocycles. The Balaban J connectivity index is 2.40. The van der Waals surface area contributed by atoms with E-state index in [1.165, 1.54) is 38.5 Å². The molecule has 0 aromatic carbocycles. The van der Waals surface area contributed by atoms with E-state index >= 15 is 0 Å². The molecule has 0 aromatic heterocycles. The number of hydrazine groups is 1. The van der Waals surface area contributed by atoms with Gasteiger partial charge in [0.1, 0.15) is 0 Å². The number of hydrogen-bond donors (Lipinski definition) is 1. The van der Waals surface area contributed by atoms with Gasteiger partial charge in [0.25, 0.3) is 0 Å². The van der Waals surface area contributed by atoms with Gasteiger partial charge in [-0.1, -0.05) is 25.7 Å². The number of likely N-dealkylation sites (N-methyl/N-ethyl adjacent to an activating group) is 1. The molecule has 0 heterocycles. The molecule has 3 heteroatoms. The summed E-state index contributed by atoms with van der Waals surface area (Å²) < 4.78 is 5.53. The van der Waals surface area contributed by atoms with Crippen molar-refractivity contribution in [3.8, 4) is 0 Å². The lowest BCUT2D eigenvalue weighted by Crippen LogP contribution is -2.39. The van der Waals surface area contributed by atoms with Crippen LogP contribution in [-0.2, 0) is 4.74 Å². The fourth-order valence-corrected chi connectivity index (χ4v) is 2.38. The number of hydrogen-bond acceptors (Lipinski definition) is 3. The molecule has 0 amide bonds. The minimum absolute atomic E-state index is 0.322. The van der Waals surface area contributed by atoms with Gasteiger partial charge in [0.05, 0.1) is 6.10 Å². The van der Waals surface area contributed by atoms with Crippen molar-refractivity contribution in [2.75, 3.05) is 20.7 Å². The SMILES string of the molecule is COC(CN(C)N)C1CCCCCC1. The highest BCUT2D eigenvalue weighted by molar-refractivity contribution is 4.74. The first-order chi connectivity index (χ1) is 6.74. The molecular weight excluding hydrogens is 176 g/mol. The highest BCUT2D eigenvalue weighted by Crippen LogP contribution is 2.26. The van der Waals surface area contributed by atoms with E-state index in [0.29, 0.717) is 12.0 Å². The third-order valence-electron chi connectivity index (χ3n) is 3.20. The Morgan fingerprint density at radius 1 is 1.29 bits per heavy atom. The average molecular weight is 200 g/mol. The number of ether oxygens (including phenoxy) is 1. The van der Waals surface area contributed by atoms with Crippen LogP contribution in [0.15, 0.2) is 0 Å². The second-order valence-electron chi connectivity index (χ2n) is 4.47. The van der Waals surface area contributed by atoms with Crippen LogP contribution in [0, 0.1) is 5.92 Å². The Kier molecular flexibility index (Phi) is 5.45. The van der Waals surface area contributed by atoms with E-state index in [1.54, 1.807) is 12.1 Å². The maximum Gasteiger partial charge on any atom is 0.0740 e. The van der Waals surface area contributed by atoms with Gasteiger partial charge in [0, 0.05) is 20.7 Å². The van der Waals surface area contributed by atoms with E-state index in [0.717, 1.165) is 6.54 Å². The summed E-state index contributed by atoms with van der Waals surface area (Å²) in [4.78, 5) is 0. The van der Waals surface area contributed by atoms with Gasteiger partial charge in [0.2, 0.25) is 0 Å². The summed E-state index contributed by atoms with van der Waals surface area (Å²) in [6.07, 6.45) is 8.45. The molecule has 0 bridgehead atoms. The quantitative estimate of drug-likeness (QED) is 0.427. The van der Waals surface area contributed by atoms with Crippen molar-refractivity contribution in [2.45, 2.75) is 44.6 Å². The third-order valence-corrected chi connectivity index (χ3v) is 3.20. The average Bonchev–Trinajstić information content (AvgIpc) is 2.41. The van der Waals surface area contributed by atoms with Crippen LogP contribution >= 0.6 is 0 Å². The summed E-state index contributed by atoms with van der Waals surface area (Å²) in [6.45, 7) is 0.848. The van der Waals surface area contributed by atoms with Gasteiger partial charge in [0.15, 0.2) is 0 Å². The second-order valence-corrected chi connectivity index (χ2v) is 4.47. The monoisotopic (exact) mass is 200 g/mol. The first kappa shape index (κ1) is 12.0. The van der Waals surface area contributed by atoms with Crippen LogP contribution in [0.25, 0.3) is 0 Å². The molecule has 1 aliphatic carbocycles. The zero-order valence-corrected chi connectivity index (χ0v) is 9.54. The van der Waals surface area contributed by atoms with Gasteiger partial charge in [-0.05, 0) is 18.8 Å². The van der Waals surface area contributed by atoms with E-state index in [-0.39, 0.29) is 0 Å². The van der Waals surface area contributed by atoms with E-state index in [1.807, 2.05) is 7.05 Å². The number of nitrogens with zero attached hydrogens (tertiary/aromatic N) is 1. The Morgan fingerprint density at radius 2 is 1.86 bits per heavy atom. The Labute approximate surface area is 87.6 Å². The summed E-state index contributed by atoms with van der Waals surface area (Å²) in [7, 11) is 3.71.